The van der Waals surface area contributed by atoms with E-state index in [-0.39, 0.29) is 116 Å². The van der Waals surface area contributed by atoms with E-state index < -0.39 is 142 Å². The number of aromatic amines is 1. The average molecular weight is 1370 g/mol. The Morgan fingerprint density at radius 3 is 2.40 bits per heavy atom. The molecule has 5 saturated carbocycles. The van der Waals surface area contributed by atoms with Gasteiger partial charge in [-0.3, -0.25) is 14.4 Å². The summed E-state index contributed by atoms with van der Waals surface area (Å²) in [5.41, 5.74) is 4.21. The lowest BCUT2D eigenvalue weighted by Crippen LogP contribution is -2.72. The Kier molecular flexibility index (Phi) is 19.0. The second kappa shape index (κ2) is 26.8. The fraction of sp³-hybridized carbons (Fsp3) is 0.636. The monoisotopic (exact) mass is 1370 g/mol. The van der Waals surface area contributed by atoms with Crippen LogP contribution in [0.15, 0.2) is 113 Å². The number of ether oxygens (including phenoxy) is 1. The van der Waals surface area contributed by atoms with Crippen LogP contribution in [0.3, 0.4) is 0 Å². The van der Waals surface area contributed by atoms with Crippen molar-refractivity contribution in [3.8, 4) is 17.6 Å². The third-order valence-corrected chi connectivity index (χ3v) is 29.3. The van der Waals surface area contributed by atoms with Gasteiger partial charge in [0.1, 0.15) is 17.9 Å². The molecule has 522 valence electrons. The number of allylic oxidation sites excluding steroid dienone is 5. The van der Waals surface area contributed by atoms with Crippen molar-refractivity contribution in [2.75, 3.05) is 24.7 Å². The number of aliphatic hydroxyl groups is 8. The zero-order valence-corrected chi connectivity index (χ0v) is 57.7. The van der Waals surface area contributed by atoms with E-state index in [1.165, 1.54) is 27.2 Å². The summed E-state index contributed by atoms with van der Waals surface area (Å²) in [4.78, 5) is 54.5. The molecule has 1 aromatic heterocycles. The van der Waals surface area contributed by atoms with Gasteiger partial charge in [0.25, 0.3) is 0 Å². The molecule has 14 N–H and O–H groups in total. The molecule has 3 heterocycles. The van der Waals surface area contributed by atoms with Crippen LogP contribution in [0, 0.1) is 117 Å². The predicted octanol–water partition coefficient (Wildman–Crippen LogP) is 7.41. The molecular weight excluding hydrogens is 1270 g/mol. The fourth-order valence-corrected chi connectivity index (χ4v) is 25.6. The molecule has 27 atom stereocenters. The lowest BCUT2D eigenvalue weighted by Gasteiger charge is -2.69. The molecule has 14 rings (SSSR count). The van der Waals surface area contributed by atoms with Gasteiger partial charge in [0, 0.05) is 90.1 Å². The molecule has 8 bridgehead atoms. The minimum Gasteiger partial charge on any atom is -0.508 e. The number of ketones is 2. The van der Waals surface area contributed by atoms with Gasteiger partial charge in [0.15, 0.2) is 23.8 Å². The number of benzene rings is 2. The van der Waals surface area contributed by atoms with Crippen molar-refractivity contribution in [2.45, 2.75) is 171 Å². The Balaban J connectivity index is 0.978. The van der Waals surface area contributed by atoms with E-state index in [9.17, 15) is 45.6 Å². The third kappa shape index (κ3) is 11.6. The zero-order chi connectivity index (χ0) is 68.2. The van der Waals surface area contributed by atoms with Crippen LogP contribution in [-0.4, -0.2) is 147 Å². The molecule has 2 aromatic carbocycles. The van der Waals surface area contributed by atoms with E-state index in [1.807, 2.05) is 62.6 Å². The number of aromatic hydroxyl groups is 1. The van der Waals surface area contributed by atoms with Crippen LogP contribution in [0.25, 0.3) is 0 Å². The second-order valence-corrected chi connectivity index (χ2v) is 34.3. The molecule has 9 aliphatic carbocycles. The molecule has 0 radical (unpaired) electrons. The normalized spacial score (nSPS) is 44.1. The van der Waals surface area contributed by atoms with Gasteiger partial charge in [-0.25, -0.2) is 4.99 Å². The largest absolute Gasteiger partial charge is 0.508 e. The summed E-state index contributed by atoms with van der Waals surface area (Å²) in [5, 5.41) is 121. The minimum atomic E-state index is -2.14. The van der Waals surface area contributed by atoms with Crippen LogP contribution in [0.1, 0.15) is 133 Å². The van der Waals surface area contributed by atoms with Crippen molar-refractivity contribution in [3.63, 3.8) is 0 Å². The number of esters is 1. The summed E-state index contributed by atoms with van der Waals surface area (Å²) < 4.78 is 6.42. The van der Waals surface area contributed by atoms with Crippen molar-refractivity contribution >= 4 is 45.1 Å². The molecule has 20 heteroatoms. The highest BCUT2D eigenvalue weighted by atomic mass is 33.1. The van der Waals surface area contributed by atoms with Gasteiger partial charge in [0.2, 0.25) is 0 Å². The predicted molar refractivity (Wildman–Crippen MR) is 370 cm³/mol. The van der Waals surface area contributed by atoms with Gasteiger partial charge in [-0.15, -0.1) is 5.92 Å². The lowest BCUT2D eigenvalue weighted by molar-refractivity contribution is -0.233. The number of carbonyl (C=O) groups is 3. The first-order valence-electron chi connectivity index (χ1n) is 35.9. The van der Waals surface area contributed by atoms with Gasteiger partial charge in [0.05, 0.1) is 54.3 Å². The highest BCUT2D eigenvalue weighted by Gasteiger charge is 2.79. The van der Waals surface area contributed by atoms with E-state index in [2.05, 4.69) is 52.6 Å². The summed E-state index contributed by atoms with van der Waals surface area (Å²) in [7, 11) is 2.97. The molecule has 2 aliphatic heterocycles. The molecule has 27 unspecified atom stereocenters. The molecule has 11 aliphatic rings. The third-order valence-electron chi connectivity index (χ3n) is 26.7. The maximum Gasteiger partial charge on any atom is 0.314 e. The quantitative estimate of drug-likeness (QED) is 0.0179. The van der Waals surface area contributed by atoms with E-state index in [0.717, 1.165) is 36.0 Å². The number of hydrogen-bond acceptors (Lipinski definition) is 17. The number of rotatable bonds is 10. The number of cyclic esters (lactones) is 1. The lowest BCUT2D eigenvalue weighted by atomic mass is 9.37. The average Bonchev–Trinajstić information content (AvgIpc) is 1.42. The SMILES string of the molecule is CCC1OC(=O)C(c2cc[nH]c2)C1C1C#CCC2CC3(O)C4=C5NC(CO)C(=O)CC(c6ccc(O)cc6)CSSCC6C(O)C(O)CC(C)(C4C4CCC(CNC(N)=NCc7ccccc7)C3(C4)C2C(C)(O)C(O)CC(C(O)O)C2C3C=CC1C2C1CC(C)CCC1=C3)C6C5=O. The smallest absolute Gasteiger partial charge is 0.314 e. The van der Waals surface area contributed by atoms with Crippen molar-refractivity contribution in [1.82, 2.24) is 15.6 Å². The summed E-state index contributed by atoms with van der Waals surface area (Å²) in [6, 6.07) is 16.9. The van der Waals surface area contributed by atoms with E-state index in [4.69, 9.17) is 15.5 Å². The van der Waals surface area contributed by atoms with Crippen molar-refractivity contribution in [3.05, 3.63) is 125 Å². The molecule has 3 aromatic rings. The Bertz CT molecular complexity index is 3630. The molecule has 2 saturated heterocycles. The number of fused-ring (bicyclic) bond motifs is 8. The van der Waals surface area contributed by atoms with E-state index in [0.29, 0.717) is 36.5 Å². The highest BCUT2D eigenvalue weighted by molar-refractivity contribution is 8.76. The number of nitrogens with zero attached hydrogens (tertiary/aromatic N) is 1. The van der Waals surface area contributed by atoms with Gasteiger partial charge >= 0.3 is 5.97 Å². The molecular formula is C77H99N5O13S2. The summed E-state index contributed by atoms with van der Waals surface area (Å²) in [6.07, 6.45) is 8.01. The molecule has 7 fully saturated rings. The van der Waals surface area contributed by atoms with Crippen LogP contribution < -0.4 is 16.4 Å². The maximum absolute atomic E-state index is 16.7. The van der Waals surface area contributed by atoms with Gasteiger partial charge in [-0.05, 0) is 176 Å². The number of nitrogens with one attached hydrogen (secondary N) is 3. The Hall–Kier alpha value is -5.44. The number of phenols is 1. The minimum absolute atomic E-state index is 0.0106. The summed E-state index contributed by atoms with van der Waals surface area (Å²) >= 11 is 0. The maximum atomic E-state index is 16.7. The number of aromatic nitrogens is 1. The standard InChI is InChI=1S/C77H99N5O13S2/c1-5-58-63(61(72(92)95-58)46-24-25-79-34-46)50-13-9-12-45-31-77(94)66-64(74(3)32-57(86)68(88)54-38-97-96-37-47(41-17-21-49(84)22-18-41)28-56(85)55(36-83)82-67(66)69(89)65(54)74)44-16-20-48(35-81-73(78)80-33-40-10-7-6-8-11-40)76(77,30-44)70(45)75(4,93)59(87)29-53(71(90)91)60-43-19-23-51(50)62(60)52-26-39(2)14-15-42(52)27-43/h6-8,10-11,17-19,21-25,27,34,39,43-45,47-48,50-55,57-65,68,70-71,79,82-84,86-88,90-91,93-94H,5,12,14-16,20,26,28-33,35-38H2,1-4H3,(H3,78,80,81). The van der Waals surface area contributed by atoms with Crippen LogP contribution in [-0.2, 0) is 25.7 Å². The number of hydrogen-bond donors (Lipinski definition) is 13. The van der Waals surface area contributed by atoms with Gasteiger partial charge < -0.3 is 72.0 Å². The van der Waals surface area contributed by atoms with Crippen molar-refractivity contribution in [1.29, 1.82) is 0 Å². The Labute approximate surface area is 577 Å². The Morgan fingerprint density at radius 1 is 0.897 bits per heavy atom. The number of guanidine groups is 1. The summed E-state index contributed by atoms with van der Waals surface area (Å²) in [5.74, 6) is -1.65. The fourth-order valence-electron chi connectivity index (χ4n) is 22.8. The van der Waals surface area contributed by atoms with Gasteiger partial charge in [-0.2, -0.15) is 0 Å². The van der Waals surface area contributed by atoms with Crippen LogP contribution in [0.5, 0.6) is 5.75 Å². The Morgan fingerprint density at radius 2 is 1.67 bits per heavy atom. The second-order valence-electron chi connectivity index (χ2n) is 31.7. The van der Waals surface area contributed by atoms with Crippen LogP contribution in [0.2, 0.25) is 0 Å². The molecule has 97 heavy (non-hydrogen) atoms. The first kappa shape index (κ1) is 68.7. The first-order chi connectivity index (χ1) is 46.5. The molecule has 0 amide bonds. The number of carbonyl (C=O) groups excluding carboxylic acids is 3. The number of nitrogens with two attached hydrogens (primary N) is 1. The molecule has 18 nitrogen and oxygen atoms in total. The number of phenolic OH excluding ortho intramolecular Hbond substituents is 1. The zero-order valence-electron chi connectivity index (χ0n) is 56.0. The van der Waals surface area contributed by atoms with Crippen molar-refractivity contribution in [2.24, 2.45) is 116 Å². The highest BCUT2D eigenvalue weighted by Crippen LogP contribution is 2.77. The van der Waals surface area contributed by atoms with Crippen LogP contribution in [0.4, 0.5) is 0 Å². The van der Waals surface area contributed by atoms with Crippen LogP contribution >= 0.6 is 21.6 Å². The van der Waals surface area contributed by atoms with Crippen molar-refractivity contribution < 1.29 is 65.1 Å². The number of aliphatic imine (C=N–C) groups is 1. The van der Waals surface area contributed by atoms with E-state index >= 15 is 14.7 Å². The molecule has 1 spiro atoms. The van der Waals surface area contributed by atoms with E-state index in [1.54, 1.807) is 31.2 Å². The number of H-pyrrole nitrogens is 1. The summed E-state index contributed by atoms with van der Waals surface area (Å²) in [6.45, 7) is 7.63. The number of aliphatic hydroxyl groups excluding tert-OH is 5. The first-order valence-corrected chi connectivity index (χ1v) is 38.4. The topological polar surface area (TPSA) is 321 Å². The number of Topliss-reactive ketones (excluding diaryl/α,β-unsaturated/α-hetero) is 2. The van der Waals surface area contributed by atoms with Gasteiger partial charge in [-0.1, -0.05) is 115 Å².